The van der Waals surface area contributed by atoms with Crippen molar-refractivity contribution in [3.8, 4) is 0 Å². The fourth-order valence-electron chi connectivity index (χ4n) is 4.78. The molecular weight excluding hydrogens is 390 g/mol. The van der Waals surface area contributed by atoms with Gasteiger partial charge >= 0.3 is 0 Å². The molecule has 0 N–H and O–H groups in total. The highest BCUT2D eigenvalue weighted by molar-refractivity contribution is 5.94. The Hall–Kier alpha value is -2.84. The van der Waals surface area contributed by atoms with Gasteiger partial charge in [-0.15, -0.1) is 10.2 Å². The Morgan fingerprint density at radius 3 is 2.81 bits per heavy atom. The van der Waals surface area contributed by atoms with Crippen molar-refractivity contribution in [1.82, 2.24) is 34.3 Å². The zero-order valence-electron chi connectivity index (χ0n) is 18.2. The Balaban J connectivity index is 1.32. The van der Waals surface area contributed by atoms with Crippen LogP contribution in [0.2, 0.25) is 0 Å². The third kappa shape index (κ3) is 4.05. The summed E-state index contributed by atoms with van der Waals surface area (Å²) >= 11 is 0. The van der Waals surface area contributed by atoms with Gasteiger partial charge in [0.2, 0.25) is 0 Å². The molecule has 0 saturated carbocycles. The molecule has 0 unspecified atom stereocenters. The van der Waals surface area contributed by atoms with E-state index in [2.05, 4.69) is 45.1 Å². The highest BCUT2D eigenvalue weighted by atomic mass is 16.2. The molecule has 0 bridgehead atoms. The van der Waals surface area contributed by atoms with Crippen LogP contribution in [-0.2, 0) is 6.54 Å². The summed E-state index contributed by atoms with van der Waals surface area (Å²) in [5, 5.41) is 8.85. The van der Waals surface area contributed by atoms with E-state index in [1.54, 1.807) is 6.20 Å². The number of fused-ring (bicyclic) bond motifs is 1. The number of hydrogen-bond acceptors (Lipinski definition) is 6. The molecule has 2 fully saturated rings. The van der Waals surface area contributed by atoms with Crippen LogP contribution in [0.4, 0.5) is 0 Å². The number of carbonyl (C=O) groups excluding carboxylic acids is 1. The van der Waals surface area contributed by atoms with Gasteiger partial charge in [-0.3, -0.25) is 19.1 Å². The summed E-state index contributed by atoms with van der Waals surface area (Å²) in [5.41, 5.74) is 2.73. The zero-order chi connectivity index (χ0) is 21.4. The molecule has 162 valence electrons. The normalized spacial score (nSPS) is 22.1. The number of pyridine rings is 2. The predicted molar refractivity (Wildman–Crippen MR) is 118 cm³/mol. The maximum absolute atomic E-state index is 13.1. The summed E-state index contributed by atoms with van der Waals surface area (Å²) in [5.74, 6) is 1.35. The number of likely N-dealkylation sites (tertiary alicyclic amines) is 2. The van der Waals surface area contributed by atoms with Gasteiger partial charge in [0, 0.05) is 56.7 Å². The van der Waals surface area contributed by atoms with Crippen molar-refractivity contribution in [2.24, 2.45) is 0 Å². The molecule has 8 nitrogen and oxygen atoms in total. The highest BCUT2D eigenvalue weighted by Crippen LogP contribution is 2.28. The molecule has 3 aromatic rings. The second-order valence-electron chi connectivity index (χ2n) is 8.94. The molecule has 0 spiro atoms. The van der Waals surface area contributed by atoms with Crippen LogP contribution in [0, 0.1) is 0 Å². The highest BCUT2D eigenvalue weighted by Gasteiger charge is 2.30. The lowest BCUT2D eigenvalue weighted by Crippen LogP contribution is -2.34. The van der Waals surface area contributed by atoms with Gasteiger partial charge in [0.1, 0.15) is 5.82 Å². The lowest BCUT2D eigenvalue weighted by atomic mass is 10.1. The van der Waals surface area contributed by atoms with Crippen LogP contribution in [0.15, 0.2) is 42.9 Å². The van der Waals surface area contributed by atoms with Gasteiger partial charge in [-0.1, -0.05) is 6.07 Å². The minimum absolute atomic E-state index is 0.0931. The van der Waals surface area contributed by atoms with Crippen LogP contribution in [0.1, 0.15) is 40.5 Å². The Bertz CT molecular complexity index is 1060. The number of nitrogens with zero attached hydrogens (tertiary/aromatic N) is 7. The van der Waals surface area contributed by atoms with Gasteiger partial charge in [0.15, 0.2) is 5.65 Å². The first-order chi connectivity index (χ1) is 15.1. The summed E-state index contributed by atoms with van der Waals surface area (Å²) < 4.78 is 2.02. The van der Waals surface area contributed by atoms with Crippen LogP contribution in [0.5, 0.6) is 0 Å². The molecule has 0 aromatic carbocycles. The van der Waals surface area contributed by atoms with E-state index >= 15 is 0 Å². The molecule has 2 aliphatic rings. The fraction of sp³-hybridized carbons (Fsp3) is 0.478. The third-order valence-corrected chi connectivity index (χ3v) is 6.62. The first-order valence-electron chi connectivity index (χ1n) is 11.0. The smallest absolute Gasteiger partial charge is 0.255 e. The Morgan fingerprint density at radius 2 is 2.03 bits per heavy atom. The third-order valence-electron chi connectivity index (χ3n) is 6.62. The number of amides is 1. The van der Waals surface area contributed by atoms with Gasteiger partial charge in [-0.25, -0.2) is 0 Å². The second-order valence-corrected chi connectivity index (χ2v) is 8.94. The van der Waals surface area contributed by atoms with Crippen molar-refractivity contribution in [2.45, 2.75) is 31.3 Å². The molecule has 31 heavy (non-hydrogen) atoms. The quantitative estimate of drug-likeness (QED) is 0.629. The van der Waals surface area contributed by atoms with Gasteiger partial charge in [0.25, 0.3) is 5.91 Å². The summed E-state index contributed by atoms with van der Waals surface area (Å²) in [6, 6.07) is 8.31. The molecule has 0 aliphatic carbocycles. The Kier molecular flexibility index (Phi) is 5.41. The van der Waals surface area contributed by atoms with E-state index in [1.165, 1.54) is 5.56 Å². The minimum atomic E-state index is 0.0931. The lowest BCUT2D eigenvalue weighted by molar-refractivity contribution is 0.0782. The molecule has 5 rings (SSSR count). The zero-order valence-corrected chi connectivity index (χ0v) is 18.2. The predicted octanol–water partition coefficient (Wildman–Crippen LogP) is 1.89. The van der Waals surface area contributed by atoms with Crippen LogP contribution in [0.3, 0.4) is 0 Å². The van der Waals surface area contributed by atoms with E-state index in [4.69, 9.17) is 0 Å². The van der Waals surface area contributed by atoms with Gasteiger partial charge in [-0.05, 0) is 57.2 Å². The molecule has 0 radical (unpaired) electrons. The summed E-state index contributed by atoms with van der Waals surface area (Å²) in [7, 11) is 4.15. The number of aromatic nitrogens is 4. The van der Waals surface area contributed by atoms with Crippen molar-refractivity contribution in [3.05, 3.63) is 59.8 Å². The van der Waals surface area contributed by atoms with Crippen LogP contribution in [0.25, 0.3) is 5.65 Å². The monoisotopic (exact) mass is 419 g/mol. The Morgan fingerprint density at radius 1 is 1.13 bits per heavy atom. The number of hydrogen-bond donors (Lipinski definition) is 0. The molecular formula is C23H29N7O. The average Bonchev–Trinajstić information content (AvgIpc) is 3.53. The standard InChI is InChI=1S/C23H29N7O/c1-27(2)20-8-11-29(16-20)23(31)19-5-6-21-25-26-22(30(21)15-19)18-7-10-28(14-18)13-17-4-3-9-24-12-17/h3-6,9,12,15,18,20H,7-8,10-11,13-14,16H2,1-2H3/t18-,20-/m0/s1. The second kappa shape index (κ2) is 8.36. The summed E-state index contributed by atoms with van der Waals surface area (Å²) in [6.45, 7) is 4.44. The van der Waals surface area contributed by atoms with E-state index in [0.717, 1.165) is 57.0 Å². The minimum Gasteiger partial charge on any atom is -0.337 e. The lowest BCUT2D eigenvalue weighted by Gasteiger charge is -2.20. The first-order valence-corrected chi connectivity index (χ1v) is 11.0. The number of likely N-dealkylation sites (N-methyl/N-ethyl adjacent to an activating group) is 1. The Labute approximate surface area is 182 Å². The van der Waals surface area contributed by atoms with E-state index in [9.17, 15) is 4.79 Å². The van der Waals surface area contributed by atoms with E-state index in [-0.39, 0.29) is 5.91 Å². The van der Waals surface area contributed by atoms with E-state index in [1.807, 2.05) is 39.9 Å². The van der Waals surface area contributed by atoms with Crippen LogP contribution < -0.4 is 0 Å². The van der Waals surface area contributed by atoms with Crippen LogP contribution >= 0.6 is 0 Å². The van der Waals surface area contributed by atoms with Crippen molar-refractivity contribution in [1.29, 1.82) is 0 Å². The molecule has 3 aromatic heterocycles. The molecule has 5 heterocycles. The van der Waals surface area contributed by atoms with E-state index in [0.29, 0.717) is 17.5 Å². The van der Waals surface area contributed by atoms with E-state index < -0.39 is 0 Å². The SMILES string of the molecule is CN(C)[C@H]1CCN(C(=O)c2ccc3nnc([C@H]4CCN(Cc5cccnc5)C4)n3c2)C1. The van der Waals surface area contributed by atoms with Crippen molar-refractivity contribution < 1.29 is 4.79 Å². The van der Waals surface area contributed by atoms with Gasteiger partial charge in [0.05, 0.1) is 5.56 Å². The van der Waals surface area contributed by atoms with Crippen molar-refractivity contribution >= 4 is 11.6 Å². The average molecular weight is 420 g/mol. The van der Waals surface area contributed by atoms with Gasteiger partial charge in [-0.2, -0.15) is 0 Å². The molecule has 2 aliphatic heterocycles. The summed E-state index contributed by atoms with van der Waals surface area (Å²) in [6.07, 6.45) is 7.72. The largest absolute Gasteiger partial charge is 0.337 e. The molecule has 8 heteroatoms. The maximum Gasteiger partial charge on any atom is 0.255 e. The number of carbonyl (C=O) groups is 1. The first kappa shape index (κ1) is 20.1. The molecule has 2 atom stereocenters. The van der Waals surface area contributed by atoms with Crippen molar-refractivity contribution in [3.63, 3.8) is 0 Å². The molecule has 1 amide bonds. The number of rotatable bonds is 5. The van der Waals surface area contributed by atoms with Crippen molar-refractivity contribution in [2.75, 3.05) is 40.3 Å². The van der Waals surface area contributed by atoms with Gasteiger partial charge < -0.3 is 9.80 Å². The summed E-state index contributed by atoms with van der Waals surface area (Å²) in [4.78, 5) is 23.9. The molecule has 2 saturated heterocycles. The fourth-order valence-corrected chi connectivity index (χ4v) is 4.78. The van der Waals surface area contributed by atoms with Crippen LogP contribution in [-0.4, -0.2) is 86.5 Å². The topological polar surface area (TPSA) is 69.9 Å². The maximum atomic E-state index is 13.1.